The number of thiophene rings is 1. The van der Waals surface area contributed by atoms with Gasteiger partial charge in [0.1, 0.15) is 17.4 Å². The van der Waals surface area contributed by atoms with Crippen molar-refractivity contribution in [2.45, 2.75) is 12.8 Å². The molecule has 4 nitrogen and oxygen atoms in total. The lowest BCUT2D eigenvalue weighted by atomic mass is 9.95. The standard InChI is InChI=1S/C38H21N3OS/c39-20-22-15-18-32-30(19-22)24-7-1-3-12-31(24)41(32)33-13-6-11-29-35-26(17-16-23(21-40)37(35)43-38(29)33)28-10-5-9-27-25-8-2-4-14-34(25)42-36(27)28/h1-3,5-13,15-19H,4,14H2. The van der Waals surface area contributed by atoms with E-state index in [1.807, 2.05) is 30.3 Å². The van der Waals surface area contributed by atoms with Crippen LogP contribution in [0.25, 0.3) is 75.8 Å². The maximum atomic E-state index is 10.2. The molecule has 0 radical (unpaired) electrons. The van der Waals surface area contributed by atoms with Crippen LogP contribution >= 0.6 is 11.3 Å². The van der Waals surface area contributed by atoms with Gasteiger partial charge in [0.25, 0.3) is 0 Å². The van der Waals surface area contributed by atoms with Gasteiger partial charge in [0.15, 0.2) is 0 Å². The Hall–Kier alpha value is -5.62. The Morgan fingerprint density at radius 1 is 0.721 bits per heavy atom. The van der Waals surface area contributed by atoms with Crippen LogP contribution in [0.4, 0.5) is 0 Å². The van der Waals surface area contributed by atoms with Crippen molar-refractivity contribution in [2.75, 3.05) is 0 Å². The van der Waals surface area contributed by atoms with Gasteiger partial charge < -0.3 is 8.98 Å². The zero-order valence-electron chi connectivity index (χ0n) is 22.9. The largest absolute Gasteiger partial charge is 0.460 e. The summed E-state index contributed by atoms with van der Waals surface area (Å²) in [6, 6.07) is 35.8. The fourth-order valence-corrected chi connectivity index (χ4v) is 8.15. The smallest absolute Gasteiger partial charge is 0.142 e. The summed E-state index contributed by atoms with van der Waals surface area (Å²) in [5, 5.41) is 25.3. The molecule has 0 fully saturated rings. The summed E-state index contributed by atoms with van der Waals surface area (Å²) < 4.78 is 10.9. The minimum absolute atomic E-state index is 0.642. The van der Waals surface area contributed by atoms with Crippen molar-refractivity contribution in [1.29, 1.82) is 10.5 Å². The molecule has 0 amide bonds. The zero-order chi connectivity index (χ0) is 28.7. The van der Waals surface area contributed by atoms with Crippen LogP contribution in [-0.2, 0) is 6.42 Å². The molecule has 9 rings (SSSR count). The molecule has 5 aromatic carbocycles. The molecule has 3 aromatic heterocycles. The highest BCUT2D eigenvalue weighted by atomic mass is 32.1. The average molecular weight is 568 g/mol. The van der Waals surface area contributed by atoms with E-state index in [2.05, 4.69) is 89.5 Å². The number of aromatic nitrogens is 1. The minimum atomic E-state index is 0.642. The summed E-state index contributed by atoms with van der Waals surface area (Å²) in [5.74, 6) is 1.04. The maximum absolute atomic E-state index is 10.2. The van der Waals surface area contributed by atoms with Crippen molar-refractivity contribution in [3.63, 3.8) is 0 Å². The van der Waals surface area contributed by atoms with Gasteiger partial charge in [-0.05, 0) is 48.4 Å². The highest BCUT2D eigenvalue weighted by Crippen LogP contribution is 2.47. The number of furan rings is 1. The Kier molecular flexibility index (Phi) is 4.99. The Labute approximate surface area is 250 Å². The monoisotopic (exact) mass is 567 g/mol. The first kappa shape index (κ1) is 24.0. The van der Waals surface area contributed by atoms with Crippen molar-refractivity contribution in [1.82, 2.24) is 4.57 Å². The Morgan fingerprint density at radius 2 is 1.56 bits per heavy atom. The third-order valence-electron chi connectivity index (χ3n) is 8.73. The molecule has 1 aliphatic carbocycles. The molecule has 200 valence electrons. The van der Waals surface area contributed by atoms with E-state index in [4.69, 9.17) is 4.42 Å². The van der Waals surface area contributed by atoms with Crippen LogP contribution in [0.15, 0.2) is 101 Å². The van der Waals surface area contributed by atoms with E-state index in [0.717, 1.165) is 88.4 Å². The van der Waals surface area contributed by atoms with Crippen LogP contribution in [0.5, 0.6) is 0 Å². The van der Waals surface area contributed by atoms with Gasteiger partial charge in [0.05, 0.1) is 43.3 Å². The first-order valence-corrected chi connectivity index (χ1v) is 15.1. The molecule has 0 spiro atoms. The number of nitriles is 2. The quantitative estimate of drug-likeness (QED) is 0.209. The summed E-state index contributed by atoms with van der Waals surface area (Å²) >= 11 is 1.67. The summed E-state index contributed by atoms with van der Waals surface area (Å²) in [5.41, 5.74) is 8.68. The van der Waals surface area contributed by atoms with E-state index in [1.54, 1.807) is 11.3 Å². The molecular weight excluding hydrogens is 547 g/mol. The van der Waals surface area contributed by atoms with Crippen molar-refractivity contribution in [2.24, 2.45) is 0 Å². The second kappa shape index (κ2) is 8.94. The lowest BCUT2D eigenvalue weighted by Gasteiger charge is -2.10. The maximum Gasteiger partial charge on any atom is 0.142 e. The average Bonchev–Trinajstić information content (AvgIpc) is 3.74. The van der Waals surface area contributed by atoms with Crippen molar-refractivity contribution in [3.8, 4) is 29.0 Å². The van der Waals surface area contributed by atoms with E-state index >= 15 is 0 Å². The molecule has 1 aliphatic rings. The van der Waals surface area contributed by atoms with E-state index < -0.39 is 0 Å². The molecule has 5 heteroatoms. The molecule has 0 atom stereocenters. The number of rotatable bonds is 2. The molecule has 0 N–H and O–H groups in total. The summed E-state index contributed by atoms with van der Waals surface area (Å²) in [7, 11) is 0. The Morgan fingerprint density at radius 3 is 2.47 bits per heavy atom. The third-order valence-corrected chi connectivity index (χ3v) is 9.99. The summed E-state index contributed by atoms with van der Waals surface area (Å²) in [6.45, 7) is 0. The van der Waals surface area contributed by atoms with Gasteiger partial charge in [-0.15, -0.1) is 11.3 Å². The van der Waals surface area contributed by atoms with E-state index in [0.29, 0.717) is 11.1 Å². The fourth-order valence-electron chi connectivity index (χ4n) is 6.86. The molecule has 0 saturated carbocycles. The van der Waals surface area contributed by atoms with Gasteiger partial charge in [0.2, 0.25) is 0 Å². The molecule has 0 bridgehead atoms. The molecule has 0 unspecified atom stereocenters. The number of para-hydroxylation sites is 2. The first-order chi connectivity index (χ1) is 21.2. The number of allylic oxidation sites excluding steroid dienone is 1. The van der Waals surface area contributed by atoms with Crippen molar-refractivity contribution >= 4 is 70.4 Å². The van der Waals surface area contributed by atoms with E-state index in [9.17, 15) is 10.5 Å². The molecule has 3 heterocycles. The predicted octanol–water partition coefficient (Wildman–Crippen LogP) is 10.3. The molecule has 0 saturated heterocycles. The minimum Gasteiger partial charge on any atom is -0.460 e. The van der Waals surface area contributed by atoms with Gasteiger partial charge in [-0.1, -0.05) is 66.7 Å². The molecule has 43 heavy (non-hydrogen) atoms. The van der Waals surface area contributed by atoms with Gasteiger partial charge in [-0.2, -0.15) is 10.5 Å². The number of hydrogen-bond donors (Lipinski definition) is 0. The molecule has 0 aliphatic heterocycles. The lowest BCUT2D eigenvalue weighted by Crippen LogP contribution is -1.93. The Balaban J connectivity index is 1.39. The second-order valence-electron chi connectivity index (χ2n) is 11.0. The lowest BCUT2D eigenvalue weighted by molar-refractivity contribution is 0.547. The Bertz CT molecular complexity index is 2600. The third kappa shape index (κ3) is 3.29. The van der Waals surface area contributed by atoms with Gasteiger partial charge in [-0.3, -0.25) is 0 Å². The SMILES string of the molecule is N#Cc1ccc2c(c1)c1ccccc1n2-c1cccc2c1sc1c(C#N)ccc(-c3cccc4c5c(oc34)CCC=C5)c12. The number of fused-ring (bicyclic) bond motifs is 9. The number of benzene rings is 5. The van der Waals surface area contributed by atoms with Gasteiger partial charge >= 0.3 is 0 Å². The van der Waals surface area contributed by atoms with Crippen molar-refractivity contribution in [3.05, 3.63) is 120 Å². The molecule has 8 aromatic rings. The predicted molar refractivity (Wildman–Crippen MR) is 176 cm³/mol. The van der Waals surface area contributed by atoms with E-state index in [-0.39, 0.29) is 0 Å². The van der Waals surface area contributed by atoms with Crippen LogP contribution in [-0.4, -0.2) is 4.57 Å². The highest BCUT2D eigenvalue weighted by Gasteiger charge is 2.23. The molecular formula is C38H21N3OS. The van der Waals surface area contributed by atoms with Crippen LogP contribution in [0.1, 0.15) is 28.9 Å². The zero-order valence-corrected chi connectivity index (χ0v) is 23.7. The summed E-state index contributed by atoms with van der Waals surface area (Å²) in [6.07, 6.45) is 6.29. The number of aryl methyl sites for hydroxylation is 1. The fraction of sp³-hybridized carbons (Fsp3) is 0.0526. The number of nitrogens with zero attached hydrogens (tertiary/aromatic N) is 3. The van der Waals surface area contributed by atoms with E-state index in [1.165, 1.54) is 5.56 Å². The highest BCUT2D eigenvalue weighted by molar-refractivity contribution is 7.26. The normalized spacial score (nSPS) is 12.8. The van der Waals surface area contributed by atoms with Crippen LogP contribution in [0, 0.1) is 22.7 Å². The second-order valence-corrected chi connectivity index (χ2v) is 12.0. The van der Waals surface area contributed by atoms with Gasteiger partial charge in [-0.25, -0.2) is 0 Å². The number of hydrogen-bond acceptors (Lipinski definition) is 4. The first-order valence-electron chi connectivity index (χ1n) is 14.3. The topological polar surface area (TPSA) is 65.7 Å². The van der Waals surface area contributed by atoms with Gasteiger partial charge in [0, 0.05) is 44.5 Å². The van der Waals surface area contributed by atoms with Crippen LogP contribution < -0.4 is 0 Å². The van der Waals surface area contributed by atoms with Crippen LogP contribution in [0.3, 0.4) is 0 Å². The summed E-state index contributed by atoms with van der Waals surface area (Å²) in [4.78, 5) is 0. The van der Waals surface area contributed by atoms with Crippen LogP contribution in [0.2, 0.25) is 0 Å². The van der Waals surface area contributed by atoms with Crippen molar-refractivity contribution < 1.29 is 4.42 Å².